The Morgan fingerprint density at radius 1 is 1.40 bits per heavy atom. The van der Waals surface area contributed by atoms with Crippen LogP contribution in [0.1, 0.15) is 24.0 Å². The Hall–Kier alpha value is -1.75. The minimum Gasteiger partial charge on any atom is -0.426 e. The number of carbonyl (C=O) groups is 1. The molecule has 2 heteroatoms. The number of terminal acetylenes is 1. The Balaban J connectivity index is 2.11. The predicted octanol–water partition coefficient (Wildman–Crippen LogP) is 2.10. The van der Waals surface area contributed by atoms with E-state index in [2.05, 4.69) is 5.92 Å². The summed E-state index contributed by atoms with van der Waals surface area (Å²) in [7, 11) is 0. The van der Waals surface area contributed by atoms with Crippen molar-refractivity contribution in [3.05, 3.63) is 29.3 Å². The zero-order valence-electron chi connectivity index (χ0n) is 8.45. The summed E-state index contributed by atoms with van der Waals surface area (Å²) in [5.41, 5.74) is 2.66. The van der Waals surface area contributed by atoms with Crippen molar-refractivity contribution in [3.8, 4) is 18.1 Å². The zero-order valence-corrected chi connectivity index (χ0v) is 8.45. The SMILES string of the molecule is C#CCC(=O)Oc1ccc2c(c1)CCC2. The van der Waals surface area contributed by atoms with E-state index in [0.29, 0.717) is 5.75 Å². The van der Waals surface area contributed by atoms with Gasteiger partial charge in [-0.2, -0.15) is 0 Å². The number of rotatable bonds is 2. The van der Waals surface area contributed by atoms with E-state index in [1.165, 1.54) is 17.5 Å². The Morgan fingerprint density at radius 3 is 3.00 bits per heavy atom. The van der Waals surface area contributed by atoms with E-state index in [0.717, 1.165) is 12.8 Å². The Kier molecular flexibility index (Phi) is 2.73. The van der Waals surface area contributed by atoms with Crippen molar-refractivity contribution in [1.29, 1.82) is 0 Å². The van der Waals surface area contributed by atoms with Crippen LogP contribution < -0.4 is 4.74 Å². The standard InChI is InChI=1S/C13H12O2/c1-2-4-13(14)15-12-8-7-10-5-3-6-11(10)9-12/h1,7-9H,3-6H2. The van der Waals surface area contributed by atoms with Gasteiger partial charge in [-0.1, -0.05) is 12.0 Å². The van der Waals surface area contributed by atoms with Crippen LogP contribution >= 0.6 is 0 Å². The highest BCUT2D eigenvalue weighted by molar-refractivity contribution is 5.74. The van der Waals surface area contributed by atoms with Crippen LogP contribution in [0.3, 0.4) is 0 Å². The molecule has 76 valence electrons. The summed E-state index contributed by atoms with van der Waals surface area (Å²) in [6.45, 7) is 0. The first-order valence-corrected chi connectivity index (χ1v) is 5.05. The third-order valence-corrected chi connectivity index (χ3v) is 2.55. The van der Waals surface area contributed by atoms with Gasteiger partial charge in [-0.25, -0.2) is 0 Å². The molecule has 1 aromatic rings. The maximum Gasteiger partial charge on any atom is 0.323 e. The molecule has 0 heterocycles. The molecule has 2 nitrogen and oxygen atoms in total. The fourth-order valence-electron chi connectivity index (χ4n) is 1.86. The van der Waals surface area contributed by atoms with Crippen LogP contribution in [0, 0.1) is 12.3 Å². The molecule has 1 aliphatic rings. The second kappa shape index (κ2) is 4.18. The van der Waals surface area contributed by atoms with Crippen LogP contribution in [0.5, 0.6) is 5.75 Å². The van der Waals surface area contributed by atoms with Gasteiger partial charge in [-0.3, -0.25) is 4.79 Å². The van der Waals surface area contributed by atoms with E-state index >= 15 is 0 Å². The van der Waals surface area contributed by atoms with Gasteiger partial charge in [0.2, 0.25) is 0 Å². The molecule has 0 amide bonds. The lowest BCUT2D eigenvalue weighted by atomic mass is 10.1. The zero-order chi connectivity index (χ0) is 10.7. The molecule has 0 radical (unpaired) electrons. The van der Waals surface area contributed by atoms with Crippen molar-refractivity contribution < 1.29 is 9.53 Å². The lowest BCUT2D eigenvalue weighted by molar-refractivity contribution is -0.133. The number of aryl methyl sites for hydroxylation is 2. The van der Waals surface area contributed by atoms with Crippen LogP contribution in [0.15, 0.2) is 18.2 Å². The second-order valence-electron chi connectivity index (χ2n) is 3.64. The van der Waals surface area contributed by atoms with Crippen LogP contribution in [0.25, 0.3) is 0 Å². The maximum absolute atomic E-state index is 11.1. The number of hydrogen-bond acceptors (Lipinski definition) is 2. The summed E-state index contributed by atoms with van der Waals surface area (Å²) in [5, 5.41) is 0. The molecular weight excluding hydrogens is 188 g/mol. The number of ether oxygens (including phenoxy) is 1. The third-order valence-electron chi connectivity index (χ3n) is 2.55. The fourth-order valence-corrected chi connectivity index (χ4v) is 1.86. The van der Waals surface area contributed by atoms with E-state index in [4.69, 9.17) is 11.2 Å². The molecule has 0 spiro atoms. The summed E-state index contributed by atoms with van der Waals surface area (Å²) in [4.78, 5) is 11.1. The quantitative estimate of drug-likeness (QED) is 0.415. The monoisotopic (exact) mass is 200 g/mol. The average Bonchev–Trinajstić information content (AvgIpc) is 2.65. The van der Waals surface area contributed by atoms with Crippen molar-refractivity contribution in [2.75, 3.05) is 0 Å². The second-order valence-corrected chi connectivity index (χ2v) is 3.64. The van der Waals surface area contributed by atoms with Gasteiger partial charge >= 0.3 is 5.97 Å². The summed E-state index contributed by atoms with van der Waals surface area (Å²) in [5.74, 6) is 2.51. The number of benzene rings is 1. The summed E-state index contributed by atoms with van der Waals surface area (Å²) in [6, 6.07) is 5.80. The number of carbonyl (C=O) groups excluding carboxylic acids is 1. The van der Waals surface area contributed by atoms with Crippen LogP contribution in [0.4, 0.5) is 0 Å². The largest absolute Gasteiger partial charge is 0.426 e. The van der Waals surface area contributed by atoms with Gasteiger partial charge in [0.05, 0.1) is 0 Å². The number of hydrogen-bond donors (Lipinski definition) is 0. The lowest BCUT2D eigenvalue weighted by Crippen LogP contribution is -2.06. The van der Waals surface area contributed by atoms with Crippen molar-refractivity contribution in [3.63, 3.8) is 0 Å². The van der Waals surface area contributed by atoms with Crippen molar-refractivity contribution in [2.45, 2.75) is 25.7 Å². The van der Waals surface area contributed by atoms with E-state index in [1.807, 2.05) is 18.2 Å². The van der Waals surface area contributed by atoms with Crippen LogP contribution in [-0.4, -0.2) is 5.97 Å². The first-order chi connectivity index (χ1) is 7.29. The molecule has 0 fully saturated rings. The molecule has 2 rings (SSSR count). The summed E-state index contributed by atoms with van der Waals surface area (Å²) in [6.07, 6.45) is 8.45. The Labute approximate surface area is 89.3 Å². The normalized spacial score (nSPS) is 13.0. The van der Waals surface area contributed by atoms with E-state index in [1.54, 1.807) is 0 Å². The minimum absolute atomic E-state index is 0.0249. The molecule has 15 heavy (non-hydrogen) atoms. The van der Waals surface area contributed by atoms with Gasteiger partial charge in [-0.15, -0.1) is 6.42 Å². The topological polar surface area (TPSA) is 26.3 Å². The minimum atomic E-state index is -0.365. The Bertz CT molecular complexity index is 427. The third kappa shape index (κ3) is 2.19. The molecule has 0 saturated heterocycles. The predicted molar refractivity (Wildman–Crippen MR) is 57.6 cm³/mol. The number of fused-ring (bicyclic) bond motifs is 1. The van der Waals surface area contributed by atoms with E-state index in [9.17, 15) is 4.79 Å². The van der Waals surface area contributed by atoms with Gasteiger partial charge in [-0.05, 0) is 42.5 Å². The molecule has 0 aromatic heterocycles. The van der Waals surface area contributed by atoms with Gasteiger partial charge in [0.1, 0.15) is 12.2 Å². The molecular formula is C13H12O2. The average molecular weight is 200 g/mol. The van der Waals surface area contributed by atoms with E-state index in [-0.39, 0.29) is 12.4 Å². The van der Waals surface area contributed by atoms with Gasteiger partial charge < -0.3 is 4.74 Å². The highest BCUT2D eigenvalue weighted by atomic mass is 16.5. The highest BCUT2D eigenvalue weighted by Gasteiger charge is 2.12. The summed E-state index contributed by atoms with van der Waals surface area (Å²) < 4.78 is 5.10. The molecule has 0 saturated carbocycles. The molecule has 0 atom stereocenters. The molecule has 0 aliphatic heterocycles. The molecule has 0 unspecified atom stereocenters. The van der Waals surface area contributed by atoms with Gasteiger partial charge in [0.15, 0.2) is 0 Å². The highest BCUT2D eigenvalue weighted by Crippen LogP contribution is 2.26. The van der Waals surface area contributed by atoms with Gasteiger partial charge in [0, 0.05) is 0 Å². The summed E-state index contributed by atoms with van der Waals surface area (Å²) >= 11 is 0. The van der Waals surface area contributed by atoms with E-state index < -0.39 is 0 Å². The van der Waals surface area contributed by atoms with Crippen molar-refractivity contribution in [2.24, 2.45) is 0 Å². The first-order valence-electron chi connectivity index (χ1n) is 5.05. The molecule has 1 aromatic carbocycles. The van der Waals surface area contributed by atoms with Crippen LogP contribution in [0.2, 0.25) is 0 Å². The smallest absolute Gasteiger partial charge is 0.323 e. The first kappa shape index (κ1) is 9.79. The Morgan fingerprint density at radius 2 is 2.20 bits per heavy atom. The van der Waals surface area contributed by atoms with Crippen molar-refractivity contribution >= 4 is 5.97 Å². The fraction of sp³-hybridized carbons (Fsp3) is 0.308. The molecule has 1 aliphatic carbocycles. The molecule has 0 bridgehead atoms. The van der Waals surface area contributed by atoms with Crippen LogP contribution in [-0.2, 0) is 17.6 Å². The van der Waals surface area contributed by atoms with Crippen molar-refractivity contribution in [1.82, 2.24) is 0 Å². The molecule has 0 N–H and O–H groups in total. The lowest BCUT2D eigenvalue weighted by Gasteiger charge is -2.04. The maximum atomic E-state index is 11.1. The number of esters is 1. The van der Waals surface area contributed by atoms with Gasteiger partial charge in [0.25, 0.3) is 0 Å².